The van der Waals surface area contributed by atoms with Crippen molar-refractivity contribution in [3.05, 3.63) is 59.2 Å². The second-order valence-electron chi connectivity index (χ2n) is 5.37. The zero-order chi connectivity index (χ0) is 14.8. The number of likely N-dealkylation sites (N-methyl/N-ethyl adjacent to an activating group) is 1. The molecule has 0 saturated carbocycles. The maximum atomic E-state index is 10.8. The summed E-state index contributed by atoms with van der Waals surface area (Å²) in [4.78, 5) is 13.1. The molecule has 21 heavy (non-hydrogen) atoms. The lowest BCUT2D eigenvalue weighted by atomic mass is 10.1. The van der Waals surface area contributed by atoms with Gasteiger partial charge in [0.15, 0.2) is 0 Å². The van der Waals surface area contributed by atoms with Crippen LogP contribution in [0.3, 0.4) is 0 Å². The zero-order valence-electron chi connectivity index (χ0n) is 12.0. The summed E-state index contributed by atoms with van der Waals surface area (Å²) >= 11 is 0. The van der Waals surface area contributed by atoms with Crippen molar-refractivity contribution in [3.8, 4) is 0 Å². The summed E-state index contributed by atoms with van der Waals surface area (Å²) in [6.45, 7) is 1.77. The summed E-state index contributed by atoms with van der Waals surface area (Å²) in [6.07, 6.45) is 1.09. The summed E-state index contributed by atoms with van der Waals surface area (Å²) in [5.74, 6) is -0.891. The first-order chi connectivity index (χ1) is 10.1. The Morgan fingerprint density at radius 2 is 2.00 bits per heavy atom. The number of nitrogens with one attached hydrogen (secondary N) is 1. The lowest BCUT2D eigenvalue weighted by molar-refractivity contribution is 0.0697. The van der Waals surface area contributed by atoms with Gasteiger partial charge in [-0.1, -0.05) is 12.1 Å². The fourth-order valence-corrected chi connectivity index (χ4v) is 2.65. The van der Waals surface area contributed by atoms with E-state index in [1.807, 2.05) is 12.1 Å². The van der Waals surface area contributed by atoms with Gasteiger partial charge in [-0.2, -0.15) is 0 Å². The number of nitrogens with zero attached hydrogens (tertiary/aromatic N) is 1. The topological polar surface area (TPSA) is 52.6 Å². The van der Waals surface area contributed by atoms with E-state index in [2.05, 4.69) is 35.5 Å². The van der Waals surface area contributed by atoms with Gasteiger partial charge in [-0.15, -0.1) is 0 Å². The molecule has 0 unspecified atom stereocenters. The smallest absolute Gasteiger partial charge is 0.335 e. The number of carboxylic acid groups (broad SMARTS) is 1. The molecule has 0 atom stereocenters. The molecular weight excluding hydrogens is 264 g/mol. The van der Waals surface area contributed by atoms with Gasteiger partial charge in [0, 0.05) is 31.5 Å². The Hall–Kier alpha value is -2.49. The van der Waals surface area contributed by atoms with E-state index in [1.54, 1.807) is 12.1 Å². The molecule has 2 N–H and O–H groups in total. The van der Waals surface area contributed by atoms with Crippen LogP contribution >= 0.6 is 0 Å². The van der Waals surface area contributed by atoms with Gasteiger partial charge in [0.2, 0.25) is 0 Å². The van der Waals surface area contributed by atoms with Crippen LogP contribution in [-0.2, 0) is 13.0 Å². The average Bonchev–Trinajstić information content (AvgIpc) is 2.86. The molecule has 0 bridgehead atoms. The van der Waals surface area contributed by atoms with Crippen LogP contribution in [0.5, 0.6) is 0 Å². The third-order valence-electron chi connectivity index (χ3n) is 3.90. The van der Waals surface area contributed by atoms with Crippen LogP contribution in [0.1, 0.15) is 21.5 Å². The fourth-order valence-electron chi connectivity index (χ4n) is 2.65. The number of rotatable bonds is 4. The molecule has 0 aliphatic carbocycles. The van der Waals surface area contributed by atoms with Crippen LogP contribution in [0.2, 0.25) is 0 Å². The van der Waals surface area contributed by atoms with Crippen LogP contribution < -0.4 is 10.2 Å². The first kappa shape index (κ1) is 13.5. The van der Waals surface area contributed by atoms with Crippen molar-refractivity contribution in [2.75, 3.05) is 23.8 Å². The highest BCUT2D eigenvalue weighted by atomic mass is 16.4. The number of hydrogen-bond donors (Lipinski definition) is 2. The SMILES string of the molecule is CN1CCc2cc(NCc3ccc(C(=O)O)cc3)ccc21. The van der Waals surface area contributed by atoms with E-state index in [9.17, 15) is 4.79 Å². The monoisotopic (exact) mass is 282 g/mol. The van der Waals surface area contributed by atoms with Crippen molar-refractivity contribution in [1.29, 1.82) is 0 Å². The Labute approximate surface area is 124 Å². The van der Waals surface area contributed by atoms with Crippen LogP contribution in [0.25, 0.3) is 0 Å². The minimum Gasteiger partial charge on any atom is -0.478 e. The molecule has 0 saturated heterocycles. The van der Waals surface area contributed by atoms with E-state index in [0.717, 1.165) is 24.2 Å². The molecule has 2 aromatic carbocycles. The molecule has 0 fully saturated rings. The number of anilines is 2. The van der Waals surface area contributed by atoms with Crippen LogP contribution in [0.15, 0.2) is 42.5 Å². The molecule has 3 rings (SSSR count). The fraction of sp³-hybridized carbons (Fsp3) is 0.235. The summed E-state index contributed by atoms with van der Waals surface area (Å²) in [6, 6.07) is 13.4. The van der Waals surface area contributed by atoms with Crippen molar-refractivity contribution in [3.63, 3.8) is 0 Å². The lowest BCUT2D eigenvalue weighted by Gasteiger charge is -2.13. The molecule has 0 aromatic heterocycles. The lowest BCUT2D eigenvalue weighted by Crippen LogP contribution is -2.12. The Balaban J connectivity index is 1.66. The summed E-state index contributed by atoms with van der Waals surface area (Å²) < 4.78 is 0. The van der Waals surface area contributed by atoms with Crippen molar-refractivity contribution < 1.29 is 9.90 Å². The largest absolute Gasteiger partial charge is 0.478 e. The van der Waals surface area contributed by atoms with E-state index in [1.165, 1.54) is 11.3 Å². The van der Waals surface area contributed by atoms with Gasteiger partial charge in [0.25, 0.3) is 0 Å². The normalized spacial score (nSPS) is 13.1. The van der Waals surface area contributed by atoms with Gasteiger partial charge in [-0.3, -0.25) is 0 Å². The van der Waals surface area contributed by atoms with Gasteiger partial charge in [0.1, 0.15) is 0 Å². The van der Waals surface area contributed by atoms with E-state index in [4.69, 9.17) is 5.11 Å². The first-order valence-corrected chi connectivity index (χ1v) is 7.03. The van der Waals surface area contributed by atoms with E-state index in [0.29, 0.717) is 12.1 Å². The molecule has 2 aromatic rings. The number of aromatic carboxylic acids is 1. The average molecular weight is 282 g/mol. The maximum Gasteiger partial charge on any atom is 0.335 e. The third kappa shape index (κ3) is 2.84. The summed E-state index contributed by atoms with van der Waals surface area (Å²) in [5, 5.41) is 12.3. The second kappa shape index (κ2) is 5.48. The van der Waals surface area contributed by atoms with Crippen molar-refractivity contribution in [2.24, 2.45) is 0 Å². The molecule has 4 nitrogen and oxygen atoms in total. The molecule has 1 heterocycles. The predicted octanol–water partition coefficient (Wildman–Crippen LogP) is 2.99. The highest BCUT2D eigenvalue weighted by Gasteiger charge is 2.15. The van der Waals surface area contributed by atoms with Gasteiger partial charge in [-0.25, -0.2) is 4.79 Å². The zero-order valence-corrected chi connectivity index (χ0v) is 12.0. The van der Waals surface area contributed by atoms with Crippen molar-refractivity contribution in [1.82, 2.24) is 0 Å². The van der Waals surface area contributed by atoms with E-state index in [-0.39, 0.29) is 0 Å². The predicted molar refractivity (Wildman–Crippen MR) is 84.1 cm³/mol. The Morgan fingerprint density at radius 3 is 2.71 bits per heavy atom. The number of carboxylic acids is 1. The third-order valence-corrected chi connectivity index (χ3v) is 3.90. The molecule has 0 spiro atoms. The minimum atomic E-state index is -0.891. The molecule has 0 amide bonds. The number of hydrogen-bond acceptors (Lipinski definition) is 3. The van der Waals surface area contributed by atoms with Crippen molar-refractivity contribution in [2.45, 2.75) is 13.0 Å². The molecule has 4 heteroatoms. The molecule has 1 aliphatic heterocycles. The van der Waals surface area contributed by atoms with Crippen LogP contribution in [-0.4, -0.2) is 24.7 Å². The maximum absolute atomic E-state index is 10.8. The quantitative estimate of drug-likeness (QED) is 0.905. The molecule has 1 aliphatic rings. The van der Waals surface area contributed by atoms with E-state index < -0.39 is 5.97 Å². The van der Waals surface area contributed by atoms with Gasteiger partial charge < -0.3 is 15.3 Å². The highest BCUT2D eigenvalue weighted by Crippen LogP contribution is 2.29. The number of benzene rings is 2. The molecular formula is C17H18N2O2. The second-order valence-corrected chi connectivity index (χ2v) is 5.37. The Bertz CT molecular complexity index is 665. The van der Waals surface area contributed by atoms with Crippen LogP contribution in [0, 0.1) is 0 Å². The first-order valence-electron chi connectivity index (χ1n) is 7.03. The van der Waals surface area contributed by atoms with Gasteiger partial charge >= 0.3 is 5.97 Å². The van der Waals surface area contributed by atoms with Gasteiger partial charge in [-0.05, 0) is 47.9 Å². The molecule has 108 valence electrons. The van der Waals surface area contributed by atoms with Gasteiger partial charge in [0.05, 0.1) is 5.56 Å². The standard InChI is InChI=1S/C17H18N2O2/c1-19-9-8-14-10-15(6-7-16(14)19)18-11-12-2-4-13(5-3-12)17(20)21/h2-7,10,18H,8-9,11H2,1H3,(H,20,21). The Kier molecular flexibility index (Phi) is 3.52. The van der Waals surface area contributed by atoms with E-state index >= 15 is 0 Å². The number of fused-ring (bicyclic) bond motifs is 1. The number of carbonyl (C=O) groups is 1. The Morgan fingerprint density at radius 1 is 1.24 bits per heavy atom. The molecule has 0 radical (unpaired) electrons. The van der Waals surface area contributed by atoms with Crippen molar-refractivity contribution >= 4 is 17.3 Å². The summed E-state index contributed by atoms with van der Waals surface area (Å²) in [7, 11) is 2.11. The highest BCUT2D eigenvalue weighted by molar-refractivity contribution is 5.87. The van der Waals surface area contributed by atoms with Crippen LogP contribution in [0.4, 0.5) is 11.4 Å². The minimum absolute atomic E-state index is 0.319. The summed E-state index contributed by atoms with van der Waals surface area (Å²) in [5.41, 5.74) is 5.18.